The number of aryl methyl sites for hydroxylation is 1. The zero-order valence-electron chi connectivity index (χ0n) is 24.4. The molecular formula is C34H55N3O2S. The third-order valence-corrected chi connectivity index (χ3v) is 7.53. The molecule has 2 aromatic carbocycles. The SMILES string of the molecule is C.C=CCCCSN.C=C[C@H](C)[C@H](CC)CCN(CC)c1cc(C(N)=O)ccc1OCCCCc1ccccc1. The number of allylic oxidation sites excluding steroid dienone is 2. The number of primary amides is 1. The van der Waals surface area contributed by atoms with E-state index in [2.05, 4.69) is 63.1 Å². The van der Waals surface area contributed by atoms with Crippen molar-refractivity contribution in [2.75, 3.05) is 30.3 Å². The summed E-state index contributed by atoms with van der Waals surface area (Å²) in [6.45, 7) is 16.5. The molecule has 0 spiro atoms. The van der Waals surface area contributed by atoms with Gasteiger partial charge in [-0.25, -0.2) is 0 Å². The molecule has 2 atom stereocenters. The Morgan fingerprint density at radius 2 is 1.82 bits per heavy atom. The second-order valence-electron chi connectivity index (χ2n) is 9.77. The van der Waals surface area contributed by atoms with Crippen LogP contribution in [0.25, 0.3) is 0 Å². The number of anilines is 1. The van der Waals surface area contributed by atoms with Gasteiger partial charge in [-0.05, 0) is 81.0 Å². The van der Waals surface area contributed by atoms with Crippen molar-refractivity contribution in [2.45, 2.75) is 73.1 Å². The van der Waals surface area contributed by atoms with E-state index in [0.717, 1.165) is 75.2 Å². The molecule has 40 heavy (non-hydrogen) atoms. The van der Waals surface area contributed by atoms with Gasteiger partial charge >= 0.3 is 0 Å². The molecule has 4 N–H and O–H groups in total. The molecular weight excluding hydrogens is 514 g/mol. The maximum atomic E-state index is 11.8. The van der Waals surface area contributed by atoms with Gasteiger partial charge in [-0.15, -0.1) is 13.2 Å². The maximum absolute atomic E-state index is 11.8. The first-order valence-corrected chi connectivity index (χ1v) is 15.4. The van der Waals surface area contributed by atoms with Gasteiger partial charge in [0.15, 0.2) is 0 Å². The molecule has 0 saturated carbocycles. The number of hydrogen-bond donors (Lipinski definition) is 2. The first-order chi connectivity index (χ1) is 18.9. The zero-order valence-corrected chi connectivity index (χ0v) is 25.3. The molecule has 5 nitrogen and oxygen atoms in total. The first kappa shape index (κ1) is 37.3. The van der Waals surface area contributed by atoms with Crippen LogP contribution in [0.1, 0.15) is 82.6 Å². The number of carbonyl (C=O) groups is 1. The van der Waals surface area contributed by atoms with Gasteiger partial charge in [0.2, 0.25) is 5.91 Å². The molecule has 0 aliphatic carbocycles. The fourth-order valence-corrected chi connectivity index (χ4v) is 4.74. The highest BCUT2D eigenvalue weighted by Gasteiger charge is 2.18. The molecule has 0 bridgehead atoms. The fraction of sp³-hybridized carbons (Fsp3) is 0.500. The smallest absolute Gasteiger partial charge is 0.248 e. The molecule has 0 radical (unpaired) electrons. The van der Waals surface area contributed by atoms with Gasteiger partial charge in [0, 0.05) is 24.4 Å². The predicted molar refractivity (Wildman–Crippen MR) is 178 cm³/mol. The summed E-state index contributed by atoms with van der Waals surface area (Å²) in [5, 5.41) is 5.15. The minimum atomic E-state index is -0.413. The number of unbranched alkanes of at least 4 members (excludes halogenated alkanes) is 2. The van der Waals surface area contributed by atoms with E-state index >= 15 is 0 Å². The van der Waals surface area contributed by atoms with Crippen LogP contribution in [-0.2, 0) is 6.42 Å². The summed E-state index contributed by atoms with van der Waals surface area (Å²) in [7, 11) is 0. The molecule has 0 heterocycles. The second-order valence-corrected chi connectivity index (χ2v) is 10.5. The molecule has 224 valence electrons. The van der Waals surface area contributed by atoms with Crippen molar-refractivity contribution >= 4 is 23.5 Å². The number of nitrogens with two attached hydrogens (primary N) is 2. The summed E-state index contributed by atoms with van der Waals surface area (Å²) < 4.78 is 6.18. The van der Waals surface area contributed by atoms with Gasteiger partial charge in [-0.2, -0.15) is 0 Å². The van der Waals surface area contributed by atoms with E-state index < -0.39 is 5.91 Å². The number of rotatable bonds is 19. The van der Waals surface area contributed by atoms with Crippen LogP contribution in [0.15, 0.2) is 73.8 Å². The van der Waals surface area contributed by atoms with Crippen molar-refractivity contribution in [1.82, 2.24) is 0 Å². The summed E-state index contributed by atoms with van der Waals surface area (Å²) in [6, 6.07) is 16.1. The van der Waals surface area contributed by atoms with E-state index in [4.69, 9.17) is 15.6 Å². The summed E-state index contributed by atoms with van der Waals surface area (Å²) in [4.78, 5) is 14.1. The van der Waals surface area contributed by atoms with Crippen LogP contribution in [0.2, 0.25) is 0 Å². The van der Waals surface area contributed by atoms with Crippen molar-refractivity contribution < 1.29 is 9.53 Å². The molecule has 0 aromatic heterocycles. The van der Waals surface area contributed by atoms with Gasteiger partial charge in [0.25, 0.3) is 0 Å². The van der Waals surface area contributed by atoms with Gasteiger partial charge < -0.3 is 15.4 Å². The highest BCUT2D eigenvalue weighted by atomic mass is 32.2. The highest BCUT2D eigenvalue weighted by Crippen LogP contribution is 2.31. The minimum absolute atomic E-state index is 0. The second kappa shape index (κ2) is 23.0. The van der Waals surface area contributed by atoms with E-state index in [1.165, 1.54) is 17.5 Å². The molecule has 6 heteroatoms. The first-order valence-electron chi connectivity index (χ1n) is 14.3. The van der Waals surface area contributed by atoms with Crippen molar-refractivity contribution in [3.05, 3.63) is 85.0 Å². The third kappa shape index (κ3) is 14.6. The topological polar surface area (TPSA) is 81.6 Å². The van der Waals surface area contributed by atoms with Gasteiger partial charge in [0.1, 0.15) is 5.75 Å². The van der Waals surface area contributed by atoms with Crippen LogP contribution in [0.3, 0.4) is 0 Å². The predicted octanol–water partition coefficient (Wildman–Crippen LogP) is 8.45. The van der Waals surface area contributed by atoms with E-state index in [0.29, 0.717) is 24.0 Å². The van der Waals surface area contributed by atoms with Crippen molar-refractivity contribution in [2.24, 2.45) is 22.7 Å². The number of amides is 1. The number of ether oxygens (including phenoxy) is 1. The Balaban J connectivity index is 0.00000168. The average Bonchev–Trinajstić information content (AvgIpc) is 2.96. The molecule has 0 unspecified atom stereocenters. The average molecular weight is 570 g/mol. The fourth-order valence-electron chi connectivity index (χ4n) is 4.41. The number of nitrogens with zero attached hydrogens (tertiary/aromatic N) is 1. The van der Waals surface area contributed by atoms with Gasteiger partial charge in [-0.3, -0.25) is 9.93 Å². The maximum Gasteiger partial charge on any atom is 0.248 e. The van der Waals surface area contributed by atoms with E-state index in [1.54, 1.807) is 6.07 Å². The summed E-state index contributed by atoms with van der Waals surface area (Å²) in [6.07, 6.45) is 11.5. The van der Waals surface area contributed by atoms with Crippen molar-refractivity contribution in [3.63, 3.8) is 0 Å². The molecule has 1 amide bonds. The molecule has 0 saturated heterocycles. The molecule has 0 fully saturated rings. The molecule has 0 aliphatic heterocycles. The lowest BCUT2D eigenvalue weighted by Crippen LogP contribution is -2.28. The summed E-state index contributed by atoms with van der Waals surface area (Å²) in [5.74, 6) is 2.52. The van der Waals surface area contributed by atoms with Gasteiger partial charge in [-0.1, -0.05) is 82.1 Å². The Kier molecular flexibility index (Phi) is 21.5. The highest BCUT2D eigenvalue weighted by molar-refractivity contribution is 7.97. The molecule has 2 rings (SSSR count). The molecule has 2 aromatic rings. The Labute approximate surface area is 249 Å². The number of carbonyl (C=O) groups excluding carboxylic acids is 1. The Morgan fingerprint density at radius 1 is 1.10 bits per heavy atom. The Hall–Kier alpha value is -2.70. The summed E-state index contributed by atoms with van der Waals surface area (Å²) in [5.41, 5.74) is 8.39. The van der Waals surface area contributed by atoms with Crippen molar-refractivity contribution in [1.29, 1.82) is 0 Å². The minimum Gasteiger partial charge on any atom is -0.491 e. The largest absolute Gasteiger partial charge is 0.491 e. The normalized spacial score (nSPS) is 11.7. The lowest BCUT2D eigenvalue weighted by Gasteiger charge is -2.29. The Bertz CT molecular complexity index is 951. The lowest BCUT2D eigenvalue weighted by atomic mass is 9.88. The van der Waals surface area contributed by atoms with Gasteiger partial charge in [0.05, 0.1) is 12.3 Å². The van der Waals surface area contributed by atoms with Crippen LogP contribution in [0, 0.1) is 11.8 Å². The number of hydrogen-bond acceptors (Lipinski definition) is 5. The van der Waals surface area contributed by atoms with Crippen LogP contribution in [0.4, 0.5) is 5.69 Å². The third-order valence-electron chi connectivity index (χ3n) is 7.01. The van der Waals surface area contributed by atoms with Crippen LogP contribution < -0.4 is 20.5 Å². The quantitative estimate of drug-likeness (QED) is 0.101. The lowest BCUT2D eigenvalue weighted by molar-refractivity contribution is 0.1000. The number of benzene rings is 2. The monoisotopic (exact) mass is 569 g/mol. The van der Waals surface area contributed by atoms with E-state index in [1.807, 2.05) is 30.4 Å². The zero-order chi connectivity index (χ0) is 28.9. The van der Waals surface area contributed by atoms with Crippen LogP contribution >= 0.6 is 11.9 Å². The standard InChI is InChI=1S/C28H40N2O2.C5H11NS.CH4/c1-5-22(4)24(6-2)18-19-30(7-3)26-21-25(28(29)31)16-17-27(26)32-20-12-11-15-23-13-9-8-10-14-23;1-2-3-4-5-7-6;/h5,8-10,13-14,16-17,21-22,24H,1,6-7,11-12,15,18-20H2,2-4H3,(H2,29,31);2H,1,3-6H2;1H4/t22-,24+;;/m0../s1. The van der Waals surface area contributed by atoms with Crippen LogP contribution in [0.5, 0.6) is 5.75 Å². The molecule has 0 aliphatic rings. The van der Waals surface area contributed by atoms with E-state index in [-0.39, 0.29) is 7.43 Å². The van der Waals surface area contributed by atoms with E-state index in [9.17, 15) is 4.79 Å². The van der Waals surface area contributed by atoms with Crippen LogP contribution in [-0.4, -0.2) is 31.4 Å². The van der Waals surface area contributed by atoms with Crippen molar-refractivity contribution in [3.8, 4) is 5.75 Å². The summed E-state index contributed by atoms with van der Waals surface area (Å²) >= 11 is 1.39. The Morgan fingerprint density at radius 3 is 2.40 bits per heavy atom.